The number of hydrogen-bond donors (Lipinski definition) is 1. The molecule has 0 radical (unpaired) electrons. The van der Waals surface area contributed by atoms with Gasteiger partial charge in [-0.25, -0.2) is 8.42 Å². The first-order chi connectivity index (χ1) is 19.7. The molecule has 2 amide bonds. The molecular formula is C30H34ClN3O6S. The van der Waals surface area contributed by atoms with Gasteiger partial charge in [0.05, 0.1) is 11.4 Å². The molecule has 1 aliphatic rings. The van der Waals surface area contributed by atoms with Crippen molar-refractivity contribution in [2.24, 2.45) is 0 Å². The predicted molar refractivity (Wildman–Crippen MR) is 159 cm³/mol. The molecule has 1 atom stereocenters. The van der Waals surface area contributed by atoms with Crippen LogP contribution in [0.25, 0.3) is 0 Å². The van der Waals surface area contributed by atoms with Crippen LogP contribution in [0.5, 0.6) is 11.5 Å². The Hall–Kier alpha value is -3.76. The van der Waals surface area contributed by atoms with Crippen molar-refractivity contribution in [2.75, 3.05) is 36.4 Å². The standard InChI is InChI=1S/C30H34ClN3O6S/c1-3-32-30(36)26(18-22-9-6-5-7-10-22)33(20-23-11-8-12-24(31)17-23)29(35)21-34(41(37,38)4-2)25-13-14-27-28(19-25)40-16-15-39-27/h5-14,17,19,26H,3-4,15-16,18,20-21H2,1-2H3,(H,32,36). The number of carbonyl (C=O) groups excluding carboxylic acids is 2. The molecule has 1 unspecified atom stereocenters. The molecule has 9 nitrogen and oxygen atoms in total. The van der Waals surface area contributed by atoms with E-state index in [-0.39, 0.29) is 30.3 Å². The van der Waals surface area contributed by atoms with E-state index in [0.29, 0.717) is 41.8 Å². The van der Waals surface area contributed by atoms with E-state index in [1.165, 1.54) is 11.8 Å². The first kappa shape index (κ1) is 30.2. The lowest BCUT2D eigenvalue weighted by molar-refractivity contribution is -0.140. The van der Waals surface area contributed by atoms with Crippen LogP contribution in [-0.2, 0) is 32.6 Å². The number of ether oxygens (including phenoxy) is 2. The highest BCUT2D eigenvalue weighted by Crippen LogP contribution is 2.35. The van der Waals surface area contributed by atoms with Gasteiger partial charge in [0.15, 0.2) is 11.5 Å². The van der Waals surface area contributed by atoms with Gasteiger partial charge in [0.1, 0.15) is 25.8 Å². The molecule has 1 N–H and O–H groups in total. The average Bonchev–Trinajstić information content (AvgIpc) is 2.98. The summed E-state index contributed by atoms with van der Waals surface area (Å²) >= 11 is 6.24. The van der Waals surface area contributed by atoms with Crippen molar-refractivity contribution in [2.45, 2.75) is 32.9 Å². The number of carbonyl (C=O) groups is 2. The van der Waals surface area contributed by atoms with E-state index < -0.39 is 28.5 Å². The lowest BCUT2D eigenvalue weighted by Gasteiger charge is -2.34. The van der Waals surface area contributed by atoms with Crippen LogP contribution in [0.3, 0.4) is 0 Å². The summed E-state index contributed by atoms with van der Waals surface area (Å²) < 4.78 is 38.9. The van der Waals surface area contributed by atoms with Gasteiger partial charge in [-0.1, -0.05) is 54.1 Å². The predicted octanol–water partition coefficient (Wildman–Crippen LogP) is 4.04. The van der Waals surface area contributed by atoms with Crippen LogP contribution < -0.4 is 19.1 Å². The lowest BCUT2D eigenvalue weighted by Crippen LogP contribution is -2.53. The van der Waals surface area contributed by atoms with Crippen LogP contribution in [0.2, 0.25) is 5.02 Å². The Morgan fingerprint density at radius 1 is 0.927 bits per heavy atom. The van der Waals surface area contributed by atoms with E-state index in [1.54, 1.807) is 43.3 Å². The van der Waals surface area contributed by atoms with E-state index in [1.807, 2.05) is 36.4 Å². The molecule has 1 heterocycles. The van der Waals surface area contributed by atoms with Crippen molar-refractivity contribution in [3.63, 3.8) is 0 Å². The Balaban J connectivity index is 1.74. The molecule has 0 aliphatic carbocycles. The number of rotatable bonds is 12. The molecule has 11 heteroatoms. The SMILES string of the molecule is CCNC(=O)C(Cc1ccccc1)N(Cc1cccc(Cl)c1)C(=O)CN(c1ccc2c(c1)OCCO2)S(=O)(=O)CC. The summed E-state index contributed by atoms with van der Waals surface area (Å²) in [6, 6.07) is 20.3. The van der Waals surface area contributed by atoms with Gasteiger partial charge < -0.3 is 19.7 Å². The summed E-state index contributed by atoms with van der Waals surface area (Å²) in [5, 5.41) is 3.32. The number of halogens is 1. The van der Waals surface area contributed by atoms with Crippen molar-refractivity contribution < 1.29 is 27.5 Å². The number of nitrogens with one attached hydrogen (secondary N) is 1. The molecule has 0 saturated carbocycles. The molecule has 0 aromatic heterocycles. The number of likely N-dealkylation sites (N-methyl/N-ethyl adjacent to an activating group) is 1. The summed E-state index contributed by atoms with van der Waals surface area (Å²) in [5.74, 6) is -0.202. The van der Waals surface area contributed by atoms with Gasteiger partial charge in [-0.05, 0) is 49.2 Å². The number of hydrogen-bond acceptors (Lipinski definition) is 6. The Morgan fingerprint density at radius 3 is 2.32 bits per heavy atom. The summed E-state index contributed by atoms with van der Waals surface area (Å²) in [4.78, 5) is 29.0. The zero-order chi connectivity index (χ0) is 29.4. The third-order valence-electron chi connectivity index (χ3n) is 6.66. The summed E-state index contributed by atoms with van der Waals surface area (Å²) in [6.07, 6.45) is 0.240. The second-order valence-corrected chi connectivity index (χ2v) is 12.1. The number of benzene rings is 3. The zero-order valence-electron chi connectivity index (χ0n) is 23.1. The molecule has 0 spiro atoms. The van der Waals surface area contributed by atoms with Gasteiger partial charge >= 0.3 is 0 Å². The Morgan fingerprint density at radius 2 is 1.63 bits per heavy atom. The number of fused-ring (bicyclic) bond motifs is 1. The fraction of sp³-hybridized carbons (Fsp3) is 0.333. The Kier molecular flexibility index (Phi) is 10.1. The maximum atomic E-state index is 14.2. The Labute approximate surface area is 246 Å². The normalized spacial score (nSPS) is 13.2. The van der Waals surface area contributed by atoms with Crippen LogP contribution in [0.15, 0.2) is 72.8 Å². The minimum absolute atomic E-state index is 0.0508. The molecule has 3 aromatic carbocycles. The Bertz CT molecular complexity index is 1470. The monoisotopic (exact) mass is 599 g/mol. The molecule has 0 saturated heterocycles. The minimum atomic E-state index is -3.90. The first-order valence-corrected chi connectivity index (χ1v) is 15.5. The van der Waals surface area contributed by atoms with E-state index >= 15 is 0 Å². The number of amides is 2. The van der Waals surface area contributed by atoms with Crippen molar-refractivity contribution in [1.82, 2.24) is 10.2 Å². The molecular weight excluding hydrogens is 566 g/mol. The maximum Gasteiger partial charge on any atom is 0.244 e. The van der Waals surface area contributed by atoms with E-state index in [2.05, 4.69) is 5.32 Å². The largest absolute Gasteiger partial charge is 0.486 e. The summed E-state index contributed by atoms with van der Waals surface area (Å²) in [5.41, 5.74) is 1.83. The summed E-state index contributed by atoms with van der Waals surface area (Å²) in [6.45, 7) is 3.95. The minimum Gasteiger partial charge on any atom is -0.486 e. The zero-order valence-corrected chi connectivity index (χ0v) is 24.7. The van der Waals surface area contributed by atoms with Gasteiger partial charge in [0.25, 0.3) is 0 Å². The van der Waals surface area contributed by atoms with Gasteiger partial charge in [0.2, 0.25) is 21.8 Å². The van der Waals surface area contributed by atoms with Gasteiger partial charge in [0, 0.05) is 30.6 Å². The number of nitrogens with zero attached hydrogens (tertiary/aromatic N) is 2. The lowest BCUT2D eigenvalue weighted by atomic mass is 10.0. The first-order valence-electron chi connectivity index (χ1n) is 13.5. The molecule has 0 bridgehead atoms. The topological polar surface area (TPSA) is 105 Å². The van der Waals surface area contributed by atoms with Crippen molar-refractivity contribution in [3.05, 3.63) is 88.9 Å². The number of sulfonamides is 1. The average molecular weight is 600 g/mol. The van der Waals surface area contributed by atoms with Crippen LogP contribution in [0.1, 0.15) is 25.0 Å². The maximum absolute atomic E-state index is 14.2. The van der Waals surface area contributed by atoms with Crippen LogP contribution in [0.4, 0.5) is 5.69 Å². The van der Waals surface area contributed by atoms with E-state index in [9.17, 15) is 18.0 Å². The fourth-order valence-corrected chi connectivity index (χ4v) is 5.85. The molecule has 1 aliphatic heterocycles. The third kappa shape index (κ3) is 7.71. The van der Waals surface area contributed by atoms with Crippen molar-refractivity contribution in [1.29, 1.82) is 0 Å². The van der Waals surface area contributed by atoms with Gasteiger partial charge in [-0.3, -0.25) is 13.9 Å². The van der Waals surface area contributed by atoms with Crippen molar-refractivity contribution >= 4 is 39.1 Å². The second kappa shape index (κ2) is 13.7. The van der Waals surface area contributed by atoms with Gasteiger partial charge in [-0.15, -0.1) is 0 Å². The molecule has 41 heavy (non-hydrogen) atoms. The smallest absolute Gasteiger partial charge is 0.244 e. The van der Waals surface area contributed by atoms with E-state index in [0.717, 1.165) is 9.87 Å². The van der Waals surface area contributed by atoms with Crippen LogP contribution in [0, 0.1) is 0 Å². The van der Waals surface area contributed by atoms with E-state index in [4.69, 9.17) is 21.1 Å². The molecule has 218 valence electrons. The molecule has 3 aromatic rings. The quantitative estimate of drug-likeness (QED) is 0.337. The third-order valence-corrected chi connectivity index (χ3v) is 8.63. The van der Waals surface area contributed by atoms with Crippen molar-refractivity contribution in [3.8, 4) is 11.5 Å². The summed E-state index contributed by atoms with van der Waals surface area (Å²) in [7, 11) is -3.90. The fourth-order valence-electron chi connectivity index (χ4n) is 4.58. The molecule has 0 fully saturated rings. The number of anilines is 1. The van der Waals surface area contributed by atoms with Gasteiger partial charge in [-0.2, -0.15) is 0 Å². The van der Waals surface area contributed by atoms with Crippen LogP contribution in [-0.4, -0.2) is 63.2 Å². The highest BCUT2D eigenvalue weighted by Gasteiger charge is 2.34. The highest BCUT2D eigenvalue weighted by molar-refractivity contribution is 7.92. The second-order valence-electron chi connectivity index (χ2n) is 9.49. The molecule has 4 rings (SSSR count). The van der Waals surface area contributed by atoms with Crippen LogP contribution >= 0.6 is 11.6 Å². The highest BCUT2D eigenvalue weighted by atomic mass is 35.5.